The Balaban J connectivity index is 2.61. The second kappa shape index (κ2) is 5.25. The summed E-state index contributed by atoms with van der Waals surface area (Å²) in [5.41, 5.74) is 13.4. The average Bonchev–Trinajstić information content (AvgIpc) is 2.13. The lowest BCUT2D eigenvalue weighted by molar-refractivity contribution is 0.745. The molecular weight excluding hydrogens is 228 g/mol. The minimum atomic E-state index is 0.758. The maximum absolute atomic E-state index is 5.89. The van der Waals surface area contributed by atoms with Crippen LogP contribution in [0.5, 0.6) is 0 Å². The third-order valence-corrected chi connectivity index (χ3v) is 2.73. The second-order valence-electron chi connectivity index (χ2n) is 3.06. The standard InChI is InChI=1S/C10H15BrN2/c11-9-6-3-5-8(10(9)13)4-1-2-7-12/h3,5-6H,1-2,4,7,12-13H2. The first-order valence-corrected chi connectivity index (χ1v) is 5.28. The second-order valence-corrected chi connectivity index (χ2v) is 3.91. The molecule has 0 unspecified atom stereocenters. The van der Waals surface area contributed by atoms with Crippen molar-refractivity contribution in [2.24, 2.45) is 5.73 Å². The van der Waals surface area contributed by atoms with E-state index in [1.807, 2.05) is 12.1 Å². The summed E-state index contributed by atoms with van der Waals surface area (Å²) >= 11 is 3.41. The molecule has 3 heteroatoms. The van der Waals surface area contributed by atoms with Crippen LogP contribution in [0, 0.1) is 0 Å². The third kappa shape index (κ3) is 3.01. The molecule has 0 aliphatic rings. The molecule has 2 nitrogen and oxygen atoms in total. The molecular formula is C10H15BrN2. The quantitative estimate of drug-likeness (QED) is 0.629. The molecule has 0 aliphatic carbocycles. The van der Waals surface area contributed by atoms with Crippen molar-refractivity contribution in [2.75, 3.05) is 12.3 Å². The van der Waals surface area contributed by atoms with Gasteiger partial charge in [0.15, 0.2) is 0 Å². The van der Waals surface area contributed by atoms with Crippen molar-refractivity contribution in [3.63, 3.8) is 0 Å². The predicted octanol–water partition coefficient (Wildman–Crippen LogP) is 2.31. The van der Waals surface area contributed by atoms with E-state index in [1.54, 1.807) is 0 Å². The van der Waals surface area contributed by atoms with Crippen LogP contribution in [0.3, 0.4) is 0 Å². The number of anilines is 1. The predicted molar refractivity (Wildman–Crippen MR) is 60.5 cm³/mol. The number of halogens is 1. The highest BCUT2D eigenvalue weighted by Gasteiger charge is 2.01. The molecule has 0 amide bonds. The summed E-state index contributed by atoms with van der Waals surface area (Å²) < 4.78 is 0.984. The molecule has 0 aromatic heterocycles. The van der Waals surface area contributed by atoms with Gasteiger partial charge in [-0.15, -0.1) is 0 Å². The van der Waals surface area contributed by atoms with E-state index in [-0.39, 0.29) is 0 Å². The maximum atomic E-state index is 5.89. The van der Waals surface area contributed by atoms with E-state index in [9.17, 15) is 0 Å². The van der Waals surface area contributed by atoms with Crippen LogP contribution in [-0.4, -0.2) is 6.54 Å². The van der Waals surface area contributed by atoms with Crippen LogP contribution >= 0.6 is 15.9 Å². The molecule has 72 valence electrons. The molecule has 1 aromatic rings. The lowest BCUT2D eigenvalue weighted by Crippen LogP contribution is -2.00. The van der Waals surface area contributed by atoms with Crippen molar-refractivity contribution in [1.29, 1.82) is 0 Å². The van der Waals surface area contributed by atoms with Crippen LogP contribution in [0.15, 0.2) is 22.7 Å². The topological polar surface area (TPSA) is 52.0 Å². The molecule has 0 fully saturated rings. The number of aryl methyl sites for hydroxylation is 1. The molecule has 0 aliphatic heterocycles. The van der Waals surface area contributed by atoms with Crippen LogP contribution in [-0.2, 0) is 6.42 Å². The highest BCUT2D eigenvalue weighted by atomic mass is 79.9. The number of para-hydroxylation sites is 1. The van der Waals surface area contributed by atoms with Gasteiger partial charge in [0.25, 0.3) is 0 Å². The summed E-state index contributed by atoms with van der Waals surface area (Å²) in [7, 11) is 0. The van der Waals surface area contributed by atoms with E-state index >= 15 is 0 Å². The summed E-state index contributed by atoms with van der Waals surface area (Å²) in [5.74, 6) is 0. The molecule has 0 spiro atoms. The van der Waals surface area contributed by atoms with E-state index in [2.05, 4.69) is 22.0 Å². The largest absolute Gasteiger partial charge is 0.398 e. The van der Waals surface area contributed by atoms with Crippen LogP contribution in [0.4, 0.5) is 5.69 Å². The number of benzene rings is 1. The zero-order chi connectivity index (χ0) is 9.68. The first kappa shape index (κ1) is 10.5. The summed E-state index contributed by atoms with van der Waals surface area (Å²) in [6.45, 7) is 0.758. The van der Waals surface area contributed by atoms with Gasteiger partial charge in [0.2, 0.25) is 0 Å². The number of unbranched alkanes of at least 4 members (excludes halogenated alkanes) is 1. The Bertz CT molecular complexity index is 274. The molecule has 0 bridgehead atoms. The van der Waals surface area contributed by atoms with E-state index < -0.39 is 0 Å². The maximum Gasteiger partial charge on any atom is 0.0491 e. The molecule has 4 N–H and O–H groups in total. The molecule has 0 saturated carbocycles. The molecule has 1 rings (SSSR count). The summed E-state index contributed by atoms with van der Waals surface area (Å²) in [6.07, 6.45) is 3.19. The SMILES string of the molecule is NCCCCc1cccc(Br)c1N. The molecule has 0 radical (unpaired) electrons. The number of nitrogen functional groups attached to an aromatic ring is 1. The molecule has 1 aromatic carbocycles. The van der Waals surface area contributed by atoms with E-state index in [4.69, 9.17) is 11.5 Å². The Morgan fingerprint density at radius 3 is 2.69 bits per heavy atom. The van der Waals surface area contributed by atoms with Gasteiger partial charge in [-0.25, -0.2) is 0 Å². The first-order valence-electron chi connectivity index (χ1n) is 4.48. The zero-order valence-electron chi connectivity index (χ0n) is 7.59. The Morgan fingerprint density at radius 2 is 2.00 bits per heavy atom. The number of rotatable bonds is 4. The van der Waals surface area contributed by atoms with Crippen molar-refractivity contribution in [3.8, 4) is 0 Å². The van der Waals surface area contributed by atoms with E-state index in [0.29, 0.717) is 0 Å². The van der Waals surface area contributed by atoms with Crippen LogP contribution in [0.1, 0.15) is 18.4 Å². The van der Waals surface area contributed by atoms with Crippen LogP contribution in [0.2, 0.25) is 0 Å². The van der Waals surface area contributed by atoms with Crippen molar-refractivity contribution < 1.29 is 0 Å². The van der Waals surface area contributed by atoms with E-state index in [1.165, 1.54) is 5.56 Å². The molecule has 0 atom stereocenters. The Labute approximate surface area is 87.4 Å². The van der Waals surface area contributed by atoms with Gasteiger partial charge in [-0.1, -0.05) is 12.1 Å². The highest BCUT2D eigenvalue weighted by molar-refractivity contribution is 9.10. The minimum Gasteiger partial charge on any atom is -0.398 e. The van der Waals surface area contributed by atoms with Gasteiger partial charge >= 0.3 is 0 Å². The zero-order valence-corrected chi connectivity index (χ0v) is 9.18. The fourth-order valence-electron chi connectivity index (χ4n) is 1.26. The number of hydrogen-bond acceptors (Lipinski definition) is 2. The minimum absolute atomic E-state index is 0.758. The fourth-order valence-corrected chi connectivity index (χ4v) is 1.67. The average molecular weight is 243 g/mol. The third-order valence-electron chi connectivity index (χ3n) is 2.04. The Morgan fingerprint density at radius 1 is 1.23 bits per heavy atom. The van der Waals surface area contributed by atoms with E-state index in [0.717, 1.165) is 36.0 Å². The van der Waals surface area contributed by atoms with Crippen molar-refractivity contribution in [1.82, 2.24) is 0 Å². The summed E-state index contributed by atoms with van der Waals surface area (Å²) in [5, 5.41) is 0. The molecule has 0 saturated heterocycles. The van der Waals surface area contributed by atoms with Crippen LogP contribution in [0.25, 0.3) is 0 Å². The first-order chi connectivity index (χ1) is 6.25. The van der Waals surface area contributed by atoms with Crippen molar-refractivity contribution >= 4 is 21.6 Å². The monoisotopic (exact) mass is 242 g/mol. The van der Waals surface area contributed by atoms with Gasteiger partial charge in [-0.3, -0.25) is 0 Å². The fraction of sp³-hybridized carbons (Fsp3) is 0.400. The smallest absolute Gasteiger partial charge is 0.0491 e. The van der Waals surface area contributed by atoms with Crippen LogP contribution < -0.4 is 11.5 Å². The number of nitrogens with two attached hydrogens (primary N) is 2. The van der Waals surface area contributed by atoms with Gasteiger partial charge in [-0.05, 0) is 53.4 Å². The van der Waals surface area contributed by atoms with Gasteiger partial charge in [0.05, 0.1) is 0 Å². The lowest BCUT2D eigenvalue weighted by Gasteiger charge is -2.06. The lowest BCUT2D eigenvalue weighted by atomic mass is 10.1. The molecule has 13 heavy (non-hydrogen) atoms. The highest BCUT2D eigenvalue weighted by Crippen LogP contribution is 2.23. The van der Waals surface area contributed by atoms with Crippen molar-refractivity contribution in [3.05, 3.63) is 28.2 Å². The normalized spacial score (nSPS) is 10.3. The van der Waals surface area contributed by atoms with Gasteiger partial charge < -0.3 is 11.5 Å². The van der Waals surface area contributed by atoms with Crippen molar-refractivity contribution in [2.45, 2.75) is 19.3 Å². The Kier molecular flexibility index (Phi) is 4.25. The van der Waals surface area contributed by atoms with Gasteiger partial charge in [-0.2, -0.15) is 0 Å². The summed E-state index contributed by atoms with van der Waals surface area (Å²) in [4.78, 5) is 0. The van der Waals surface area contributed by atoms with Gasteiger partial charge in [0, 0.05) is 10.2 Å². The number of hydrogen-bond donors (Lipinski definition) is 2. The molecule has 0 heterocycles. The van der Waals surface area contributed by atoms with Gasteiger partial charge in [0.1, 0.15) is 0 Å². The Hall–Kier alpha value is -0.540. The summed E-state index contributed by atoms with van der Waals surface area (Å²) in [6, 6.07) is 6.04.